The number of benzene rings is 4. The van der Waals surface area contributed by atoms with Crippen molar-refractivity contribution in [3.63, 3.8) is 0 Å². The first-order valence-electron chi connectivity index (χ1n) is 14.7. The summed E-state index contributed by atoms with van der Waals surface area (Å²) in [4.78, 5) is 24.9. The van der Waals surface area contributed by atoms with Gasteiger partial charge in [0, 0.05) is 30.9 Å². The molecule has 4 aromatic carbocycles. The summed E-state index contributed by atoms with van der Waals surface area (Å²) in [6.45, 7) is 1.65. The lowest BCUT2D eigenvalue weighted by atomic mass is 9.66. The molecule has 9 nitrogen and oxygen atoms in total. The van der Waals surface area contributed by atoms with Gasteiger partial charge in [-0.25, -0.2) is 16.8 Å². The Morgan fingerprint density at radius 2 is 1.33 bits per heavy atom. The van der Waals surface area contributed by atoms with Crippen LogP contribution in [0, 0.1) is 28.9 Å². The van der Waals surface area contributed by atoms with Crippen molar-refractivity contribution in [3.05, 3.63) is 136 Å². The summed E-state index contributed by atoms with van der Waals surface area (Å²) >= 11 is 0. The number of sulfonamides is 1. The number of fused-ring (bicyclic) bond motifs is 1. The van der Waals surface area contributed by atoms with Crippen LogP contribution in [0.5, 0.6) is 0 Å². The van der Waals surface area contributed by atoms with Crippen molar-refractivity contribution in [2.45, 2.75) is 46.8 Å². The van der Waals surface area contributed by atoms with E-state index in [1.54, 1.807) is 66.7 Å². The van der Waals surface area contributed by atoms with Gasteiger partial charge >= 0.3 is 0 Å². The number of ketones is 1. The Hall–Kier alpha value is -4.19. The van der Waals surface area contributed by atoms with E-state index in [1.807, 2.05) is 13.0 Å². The van der Waals surface area contributed by atoms with Crippen molar-refractivity contribution in [1.82, 2.24) is 4.31 Å². The number of piperidine rings is 1. The molecule has 1 aliphatic heterocycles. The van der Waals surface area contributed by atoms with Crippen LogP contribution in [-0.4, -0.2) is 43.6 Å². The van der Waals surface area contributed by atoms with Crippen LogP contribution in [-0.2, 0) is 24.7 Å². The fourth-order valence-electron chi connectivity index (χ4n) is 7.02. The highest BCUT2D eigenvalue weighted by Crippen LogP contribution is 2.52. The quantitative estimate of drug-likeness (QED) is 0.182. The van der Waals surface area contributed by atoms with Crippen molar-refractivity contribution >= 4 is 31.3 Å². The van der Waals surface area contributed by atoms with E-state index in [2.05, 4.69) is 0 Å². The standard InChI is InChI=1S/C34H32N2O7S2/c1-23-16-18-26(19-17-23)45(42,43)35-22-29-28(20-31(35)25-12-6-3-7-13-25)34(27(21-32(29)37)24-10-4-2-5-11-24)44(40,41)33-15-9-8-14-30(33)36(38)39/h2-19,27-29,31,34H,20-22H2,1H3/t27-,28-,29+,31-,34?/m0/s1. The monoisotopic (exact) mass is 644 g/mol. The van der Waals surface area contributed by atoms with Crippen LogP contribution < -0.4 is 0 Å². The Labute approximate surface area is 262 Å². The number of hydrogen-bond donors (Lipinski definition) is 0. The van der Waals surface area contributed by atoms with E-state index < -0.39 is 64.4 Å². The molecule has 0 radical (unpaired) electrons. The molecule has 5 atom stereocenters. The van der Waals surface area contributed by atoms with Gasteiger partial charge in [-0.3, -0.25) is 14.9 Å². The maximum Gasteiger partial charge on any atom is 0.287 e. The van der Waals surface area contributed by atoms with Crippen LogP contribution in [0.1, 0.15) is 41.5 Å². The van der Waals surface area contributed by atoms with Gasteiger partial charge in [0.1, 0.15) is 10.7 Å². The number of rotatable bonds is 7. The predicted octanol–water partition coefficient (Wildman–Crippen LogP) is 5.87. The van der Waals surface area contributed by atoms with E-state index in [4.69, 9.17) is 0 Å². The summed E-state index contributed by atoms with van der Waals surface area (Å²) in [5, 5.41) is 10.8. The molecular weight excluding hydrogens is 613 g/mol. The Kier molecular flexibility index (Phi) is 8.19. The van der Waals surface area contributed by atoms with Gasteiger partial charge in [-0.2, -0.15) is 4.31 Å². The zero-order chi connectivity index (χ0) is 31.9. The topological polar surface area (TPSA) is 132 Å². The molecule has 0 amide bonds. The first-order valence-corrected chi connectivity index (χ1v) is 17.7. The van der Waals surface area contributed by atoms with Crippen molar-refractivity contribution < 1.29 is 26.6 Å². The minimum absolute atomic E-state index is 0.0410. The Bertz CT molecular complexity index is 1950. The second kappa shape index (κ2) is 12.0. The van der Waals surface area contributed by atoms with Gasteiger partial charge in [0.2, 0.25) is 10.0 Å². The second-order valence-electron chi connectivity index (χ2n) is 11.7. The third kappa shape index (κ3) is 5.60. The smallest absolute Gasteiger partial charge is 0.287 e. The zero-order valence-electron chi connectivity index (χ0n) is 24.5. The minimum Gasteiger partial charge on any atom is -0.299 e. The SMILES string of the molecule is Cc1ccc(S(=O)(=O)N2C[C@H]3C(=O)C[C@@H](c4ccccc4)C(S(=O)(=O)c4ccccc4[N+](=O)[O-])[C@H]3C[C@H]2c2ccccc2)cc1. The highest BCUT2D eigenvalue weighted by atomic mass is 32.2. The number of nitro benzene ring substituents is 1. The molecule has 1 heterocycles. The lowest BCUT2D eigenvalue weighted by molar-refractivity contribution is -0.387. The van der Waals surface area contributed by atoms with Gasteiger partial charge in [0.15, 0.2) is 9.84 Å². The number of nitro groups is 1. The van der Waals surface area contributed by atoms with Crippen LogP contribution in [0.3, 0.4) is 0 Å². The van der Waals surface area contributed by atoms with Gasteiger partial charge in [-0.1, -0.05) is 90.5 Å². The Morgan fingerprint density at radius 1 is 0.756 bits per heavy atom. The molecule has 2 fully saturated rings. The summed E-state index contributed by atoms with van der Waals surface area (Å²) in [7, 11) is -8.50. The van der Waals surface area contributed by atoms with Crippen molar-refractivity contribution in [3.8, 4) is 0 Å². The molecule has 0 spiro atoms. The third-order valence-corrected chi connectivity index (χ3v) is 13.4. The number of Topliss-reactive ketones (excluding diaryl/α,β-unsaturated/α-hetero) is 1. The molecule has 45 heavy (non-hydrogen) atoms. The normalized spacial score (nSPS) is 24.1. The maximum absolute atomic E-state index is 14.7. The molecule has 232 valence electrons. The van der Waals surface area contributed by atoms with Crippen LogP contribution in [0.2, 0.25) is 0 Å². The number of sulfone groups is 1. The average Bonchev–Trinajstić information content (AvgIpc) is 3.05. The first-order chi connectivity index (χ1) is 21.5. The van der Waals surface area contributed by atoms with Crippen LogP contribution in [0.25, 0.3) is 0 Å². The van der Waals surface area contributed by atoms with Gasteiger partial charge in [-0.15, -0.1) is 0 Å². The lowest BCUT2D eigenvalue weighted by Crippen LogP contribution is -2.56. The molecule has 2 aliphatic rings. The van der Waals surface area contributed by atoms with Crippen LogP contribution >= 0.6 is 0 Å². The molecule has 0 aromatic heterocycles. The molecule has 1 unspecified atom stereocenters. The molecule has 1 saturated carbocycles. The molecule has 1 saturated heterocycles. The van der Waals surface area contributed by atoms with Gasteiger partial charge in [-0.05, 0) is 48.6 Å². The number of aryl methyl sites for hydroxylation is 1. The van der Waals surface area contributed by atoms with E-state index in [0.29, 0.717) is 11.1 Å². The number of carbonyl (C=O) groups excluding carboxylic acids is 1. The van der Waals surface area contributed by atoms with Crippen molar-refractivity contribution in [1.29, 1.82) is 0 Å². The first kappa shape index (κ1) is 30.8. The second-order valence-corrected chi connectivity index (χ2v) is 15.7. The molecule has 6 rings (SSSR count). The fraction of sp³-hybridized carbons (Fsp3) is 0.265. The molecule has 1 aliphatic carbocycles. The zero-order valence-corrected chi connectivity index (χ0v) is 26.1. The van der Waals surface area contributed by atoms with E-state index in [1.165, 1.54) is 40.7 Å². The van der Waals surface area contributed by atoms with Crippen LogP contribution in [0.15, 0.2) is 119 Å². The number of nitrogens with zero attached hydrogens (tertiary/aromatic N) is 2. The van der Waals surface area contributed by atoms with E-state index >= 15 is 0 Å². The summed E-state index contributed by atoms with van der Waals surface area (Å²) in [6.07, 6.45) is -0.0937. The number of carbonyl (C=O) groups is 1. The van der Waals surface area contributed by atoms with E-state index in [-0.39, 0.29) is 30.1 Å². The summed E-state index contributed by atoms with van der Waals surface area (Å²) in [5.41, 5.74) is 1.67. The van der Waals surface area contributed by atoms with E-state index in [9.17, 15) is 31.7 Å². The third-order valence-electron chi connectivity index (χ3n) is 9.16. The highest BCUT2D eigenvalue weighted by Gasteiger charge is 2.56. The number of para-hydroxylation sites is 1. The highest BCUT2D eigenvalue weighted by molar-refractivity contribution is 7.92. The molecule has 4 aromatic rings. The van der Waals surface area contributed by atoms with E-state index in [0.717, 1.165) is 5.56 Å². The molecular formula is C34H32N2O7S2. The Morgan fingerprint density at radius 3 is 1.96 bits per heavy atom. The summed E-state index contributed by atoms with van der Waals surface area (Å²) in [5.74, 6) is -2.73. The summed E-state index contributed by atoms with van der Waals surface area (Å²) < 4.78 is 59.1. The minimum atomic E-state index is -4.41. The van der Waals surface area contributed by atoms with Crippen molar-refractivity contribution in [2.24, 2.45) is 11.8 Å². The maximum atomic E-state index is 14.7. The summed E-state index contributed by atoms with van der Waals surface area (Å²) in [6, 6.07) is 28.9. The number of hydrogen-bond acceptors (Lipinski definition) is 7. The largest absolute Gasteiger partial charge is 0.299 e. The van der Waals surface area contributed by atoms with Gasteiger partial charge in [0.25, 0.3) is 5.69 Å². The Balaban J connectivity index is 1.52. The molecule has 0 N–H and O–H groups in total. The van der Waals surface area contributed by atoms with Crippen LogP contribution in [0.4, 0.5) is 5.69 Å². The van der Waals surface area contributed by atoms with Gasteiger partial charge in [0.05, 0.1) is 21.1 Å². The fourth-order valence-corrected chi connectivity index (χ4v) is 11.1. The molecule has 11 heteroatoms. The lowest BCUT2D eigenvalue weighted by Gasteiger charge is -2.49. The van der Waals surface area contributed by atoms with Gasteiger partial charge < -0.3 is 0 Å². The molecule has 0 bridgehead atoms. The average molecular weight is 645 g/mol. The predicted molar refractivity (Wildman–Crippen MR) is 169 cm³/mol. The van der Waals surface area contributed by atoms with Crippen molar-refractivity contribution in [2.75, 3.05) is 6.54 Å².